The van der Waals surface area contributed by atoms with Gasteiger partial charge >= 0.3 is 6.03 Å². The van der Waals surface area contributed by atoms with E-state index < -0.39 is 5.60 Å². The quantitative estimate of drug-likeness (QED) is 0.725. The molecule has 21 heavy (non-hydrogen) atoms. The van der Waals surface area contributed by atoms with Gasteiger partial charge in [0.05, 0.1) is 5.60 Å². The summed E-state index contributed by atoms with van der Waals surface area (Å²) in [5.41, 5.74) is 1.56. The summed E-state index contributed by atoms with van der Waals surface area (Å²) in [5.74, 6) is 0.843. The molecule has 118 valence electrons. The van der Waals surface area contributed by atoms with Crippen molar-refractivity contribution in [3.8, 4) is 0 Å². The molecule has 5 heteroatoms. The number of amides is 2. The van der Waals surface area contributed by atoms with Crippen LogP contribution in [-0.2, 0) is 0 Å². The molecule has 1 rings (SSSR count). The minimum absolute atomic E-state index is 0.240. The highest BCUT2D eigenvalue weighted by molar-refractivity contribution is 7.98. The molecule has 0 radical (unpaired) electrons. The Kier molecular flexibility index (Phi) is 7.05. The standard InChI is InChI=1S/C16H26N2O2S/c1-12-5-7-14(8-6-12)13(2)9-17-15(19)18-10-16(3,20)11-21-4/h5-8,13,20H,9-11H2,1-4H3,(H2,17,18,19). The number of aryl methyl sites for hydroxylation is 1. The molecule has 0 saturated carbocycles. The molecule has 2 amide bonds. The van der Waals surface area contributed by atoms with Crippen molar-refractivity contribution < 1.29 is 9.90 Å². The molecule has 0 aliphatic rings. The van der Waals surface area contributed by atoms with E-state index in [1.54, 1.807) is 18.7 Å². The van der Waals surface area contributed by atoms with Crippen molar-refractivity contribution in [2.24, 2.45) is 0 Å². The number of urea groups is 1. The van der Waals surface area contributed by atoms with Crippen LogP contribution in [0, 0.1) is 6.92 Å². The first kappa shape index (κ1) is 17.9. The van der Waals surface area contributed by atoms with Crippen molar-refractivity contribution in [2.45, 2.75) is 32.3 Å². The largest absolute Gasteiger partial charge is 0.387 e. The lowest BCUT2D eigenvalue weighted by Gasteiger charge is -2.23. The highest BCUT2D eigenvalue weighted by Gasteiger charge is 2.20. The van der Waals surface area contributed by atoms with Crippen molar-refractivity contribution >= 4 is 17.8 Å². The molecule has 0 saturated heterocycles. The molecule has 0 spiro atoms. The van der Waals surface area contributed by atoms with Gasteiger partial charge < -0.3 is 15.7 Å². The molecule has 4 nitrogen and oxygen atoms in total. The number of carbonyl (C=O) groups is 1. The SMILES string of the molecule is CSCC(C)(O)CNC(=O)NCC(C)c1ccc(C)cc1. The molecule has 2 unspecified atom stereocenters. The van der Waals surface area contributed by atoms with Gasteiger partial charge in [-0.3, -0.25) is 0 Å². The molecule has 1 aromatic rings. The zero-order chi connectivity index (χ0) is 15.9. The van der Waals surface area contributed by atoms with E-state index in [9.17, 15) is 9.90 Å². The summed E-state index contributed by atoms with van der Waals surface area (Å²) < 4.78 is 0. The van der Waals surface area contributed by atoms with Crippen LogP contribution in [0.25, 0.3) is 0 Å². The van der Waals surface area contributed by atoms with Crippen LogP contribution >= 0.6 is 11.8 Å². The Labute approximate surface area is 131 Å². The number of thioether (sulfide) groups is 1. The Morgan fingerprint density at radius 3 is 2.52 bits per heavy atom. The number of aliphatic hydroxyl groups is 1. The highest BCUT2D eigenvalue weighted by Crippen LogP contribution is 2.14. The van der Waals surface area contributed by atoms with Crippen molar-refractivity contribution in [3.05, 3.63) is 35.4 Å². The van der Waals surface area contributed by atoms with Gasteiger partial charge in [0, 0.05) is 18.8 Å². The average Bonchev–Trinajstić information content (AvgIpc) is 2.43. The van der Waals surface area contributed by atoms with Crippen LogP contribution in [0.15, 0.2) is 24.3 Å². The third kappa shape index (κ3) is 6.87. The first-order chi connectivity index (χ1) is 9.84. The number of benzene rings is 1. The van der Waals surface area contributed by atoms with Gasteiger partial charge in [-0.15, -0.1) is 0 Å². The van der Waals surface area contributed by atoms with Crippen LogP contribution in [0.1, 0.15) is 30.9 Å². The fourth-order valence-corrected chi connectivity index (χ4v) is 2.68. The Hall–Kier alpha value is -1.20. The second kappa shape index (κ2) is 8.29. The maximum atomic E-state index is 11.7. The van der Waals surface area contributed by atoms with Crippen molar-refractivity contribution in [2.75, 3.05) is 25.1 Å². The summed E-state index contributed by atoms with van der Waals surface area (Å²) >= 11 is 1.56. The van der Waals surface area contributed by atoms with E-state index in [0.717, 1.165) is 0 Å². The van der Waals surface area contributed by atoms with Gasteiger partial charge in [-0.25, -0.2) is 4.79 Å². The van der Waals surface area contributed by atoms with Crippen LogP contribution < -0.4 is 10.6 Å². The molecule has 0 heterocycles. The number of rotatable bonds is 7. The molecule has 0 aliphatic carbocycles. The summed E-state index contributed by atoms with van der Waals surface area (Å²) in [7, 11) is 0. The fraction of sp³-hybridized carbons (Fsp3) is 0.562. The highest BCUT2D eigenvalue weighted by atomic mass is 32.2. The third-order valence-corrected chi connectivity index (χ3v) is 4.21. The number of hydrogen-bond acceptors (Lipinski definition) is 3. The van der Waals surface area contributed by atoms with Crippen LogP contribution in [-0.4, -0.2) is 41.8 Å². The Morgan fingerprint density at radius 2 is 1.95 bits per heavy atom. The molecule has 2 atom stereocenters. The van der Waals surface area contributed by atoms with Gasteiger partial charge in [0.25, 0.3) is 0 Å². The van der Waals surface area contributed by atoms with Crippen LogP contribution in [0.4, 0.5) is 4.79 Å². The Bertz CT molecular complexity index is 446. The third-order valence-electron chi connectivity index (χ3n) is 3.30. The predicted octanol–water partition coefficient (Wildman–Crippen LogP) is 2.51. The van der Waals surface area contributed by atoms with E-state index >= 15 is 0 Å². The van der Waals surface area contributed by atoms with Gasteiger partial charge in [0.2, 0.25) is 0 Å². The van der Waals surface area contributed by atoms with Crippen molar-refractivity contribution in [1.29, 1.82) is 0 Å². The second-order valence-corrected chi connectivity index (χ2v) is 6.67. The van der Waals surface area contributed by atoms with Crippen LogP contribution in [0.5, 0.6) is 0 Å². The molecule has 0 bridgehead atoms. The lowest BCUT2D eigenvalue weighted by molar-refractivity contribution is 0.0869. The van der Waals surface area contributed by atoms with Gasteiger partial charge in [0.15, 0.2) is 0 Å². The molecular formula is C16H26N2O2S. The lowest BCUT2D eigenvalue weighted by Crippen LogP contribution is -2.46. The monoisotopic (exact) mass is 310 g/mol. The number of nitrogens with one attached hydrogen (secondary N) is 2. The van der Waals surface area contributed by atoms with Gasteiger partial charge in [0.1, 0.15) is 0 Å². The molecule has 0 aromatic heterocycles. The minimum Gasteiger partial charge on any atom is -0.387 e. The predicted molar refractivity (Wildman–Crippen MR) is 90.0 cm³/mol. The Balaban J connectivity index is 2.34. The fourth-order valence-electron chi connectivity index (χ4n) is 1.95. The summed E-state index contributed by atoms with van der Waals surface area (Å²) in [6, 6.07) is 8.08. The molecular weight excluding hydrogens is 284 g/mol. The van der Waals surface area contributed by atoms with Crippen LogP contribution in [0.2, 0.25) is 0 Å². The molecule has 0 aliphatic heterocycles. The van der Waals surface area contributed by atoms with Crippen LogP contribution in [0.3, 0.4) is 0 Å². The Morgan fingerprint density at radius 1 is 1.33 bits per heavy atom. The van der Waals surface area contributed by atoms with E-state index in [2.05, 4.69) is 48.7 Å². The van der Waals surface area contributed by atoms with Crippen molar-refractivity contribution in [3.63, 3.8) is 0 Å². The summed E-state index contributed by atoms with van der Waals surface area (Å²) in [6.45, 7) is 6.67. The lowest BCUT2D eigenvalue weighted by atomic mass is 10.0. The van der Waals surface area contributed by atoms with E-state index in [0.29, 0.717) is 12.3 Å². The van der Waals surface area contributed by atoms with Gasteiger partial charge in [-0.2, -0.15) is 11.8 Å². The van der Waals surface area contributed by atoms with E-state index in [1.165, 1.54) is 11.1 Å². The second-order valence-electron chi connectivity index (χ2n) is 5.81. The first-order valence-corrected chi connectivity index (χ1v) is 8.53. The zero-order valence-electron chi connectivity index (χ0n) is 13.3. The molecule has 3 N–H and O–H groups in total. The van der Waals surface area contributed by atoms with Crippen molar-refractivity contribution in [1.82, 2.24) is 10.6 Å². The molecule has 1 aromatic carbocycles. The summed E-state index contributed by atoms with van der Waals surface area (Å²) in [4.78, 5) is 11.7. The summed E-state index contributed by atoms with van der Waals surface area (Å²) in [6.07, 6.45) is 1.93. The number of hydrogen-bond donors (Lipinski definition) is 3. The summed E-state index contributed by atoms with van der Waals surface area (Å²) in [5, 5.41) is 15.5. The maximum Gasteiger partial charge on any atom is 0.314 e. The average molecular weight is 310 g/mol. The van der Waals surface area contributed by atoms with E-state index in [1.807, 2.05) is 6.26 Å². The normalized spacial score (nSPS) is 15.1. The number of carbonyl (C=O) groups excluding carboxylic acids is 1. The van der Waals surface area contributed by atoms with E-state index in [4.69, 9.17) is 0 Å². The topological polar surface area (TPSA) is 61.4 Å². The minimum atomic E-state index is -0.876. The zero-order valence-corrected chi connectivity index (χ0v) is 14.1. The van der Waals surface area contributed by atoms with Gasteiger partial charge in [-0.1, -0.05) is 36.8 Å². The van der Waals surface area contributed by atoms with Gasteiger partial charge in [-0.05, 0) is 31.6 Å². The van der Waals surface area contributed by atoms with E-state index in [-0.39, 0.29) is 18.5 Å². The maximum absolute atomic E-state index is 11.7. The molecule has 0 fully saturated rings. The first-order valence-electron chi connectivity index (χ1n) is 7.13. The smallest absolute Gasteiger partial charge is 0.314 e.